The topological polar surface area (TPSA) is 67.0 Å². The van der Waals surface area contributed by atoms with Crippen LogP contribution < -0.4 is 10.1 Å². The molecule has 0 aliphatic carbocycles. The predicted molar refractivity (Wildman–Crippen MR) is 93.1 cm³/mol. The number of halogens is 1. The van der Waals surface area contributed by atoms with Gasteiger partial charge in [-0.15, -0.1) is 0 Å². The van der Waals surface area contributed by atoms with E-state index in [1.54, 1.807) is 26.2 Å². The zero-order chi connectivity index (χ0) is 17.1. The summed E-state index contributed by atoms with van der Waals surface area (Å²) in [5, 5.41) is 3.35. The Kier molecular flexibility index (Phi) is 4.71. The Morgan fingerprint density at radius 1 is 1.38 bits per heavy atom. The third-order valence-corrected chi connectivity index (χ3v) is 4.42. The maximum absolute atomic E-state index is 13.5. The lowest BCUT2D eigenvalue weighted by Gasteiger charge is -2.08. The number of nitrogens with zero attached hydrogens (tertiary/aromatic N) is 1. The molecular formula is C17H16FN3O2S. The number of carbonyl (C=O) groups is 1. The molecule has 0 aliphatic heterocycles. The molecule has 0 aliphatic rings. The highest BCUT2D eigenvalue weighted by molar-refractivity contribution is 7.99. The first-order chi connectivity index (χ1) is 11.6. The second kappa shape index (κ2) is 6.92. The van der Waals surface area contributed by atoms with Crippen LogP contribution in [0.25, 0.3) is 11.0 Å². The summed E-state index contributed by atoms with van der Waals surface area (Å²) in [5.74, 6) is 0.354. The summed E-state index contributed by atoms with van der Waals surface area (Å²) < 4.78 is 18.6. The molecule has 0 spiro atoms. The number of amides is 1. The van der Waals surface area contributed by atoms with E-state index >= 15 is 0 Å². The van der Waals surface area contributed by atoms with Crippen molar-refractivity contribution in [3.8, 4) is 5.75 Å². The summed E-state index contributed by atoms with van der Waals surface area (Å²) in [6.07, 6.45) is 0. The van der Waals surface area contributed by atoms with Crippen LogP contribution in [0.3, 0.4) is 0 Å². The van der Waals surface area contributed by atoms with Crippen LogP contribution in [0, 0.1) is 12.7 Å². The van der Waals surface area contributed by atoms with E-state index in [0.717, 1.165) is 16.8 Å². The van der Waals surface area contributed by atoms with Gasteiger partial charge in [0.2, 0.25) is 5.91 Å². The molecule has 3 rings (SSSR count). The van der Waals surface area contributed by atoms with Crippen LogP contribution in [0.15, 0.2) is 41.6 Å². The number of aromatic nitrogens is 2. The molecule has 24 heavy (non-hydrogen) atoms. The van der Waals surface area contributed by atoms with E-state index < -0.39 is 0 Å². The lowest BCUT2D eigenvalue weighted by atomic mass is 10.2. The van der Waals surface area contributed by atoms with Gasteiger partial charge in [-0.2, -0.15) is 0 Å². The minimum absolute atomic E-state index is 0.174. The fraction of sp³-hybridized carbons (Fsp3) is 0.176. The Balaban J connectivity index is 1.64. The van der Waals surface area contributed by atoms with Gasteiger partial charge in [-0.1, -0.05) is 17.8 Å². The maximum Gasteiger partial charge on any atom is 0.234 e. The Bertz CT molecular complexity index is 895. The standard InChI is InChI=1S/C17H16FN3O2S/c1-10-12(18)4-3-5-13(10)19-16(22)9-24-17-20-14-7-6-11(23-2)8-15(14)21-17/h3-8H,9H2,1-2H3,(H,19,22)(H,20,21). The molecule has 0 atom stereocenters. The number of methoxy groups -OCH3 is 1. The van der Waals surface area contributed by atoms with E-state index in [1.165, 1.54) is 17.8 Å². The number of thioether (sulfide) groups is 1. The van der Waals surface area contributed by atoms with Crippen molar-refractivity contribution in [2.24, 2.45) is 0 Å². The second-order valence-electron chi connectivity index (χ2n) is 5.17. The number of rotatable bonds is 5. The summed E-state index contributed by atoms with van der Waals surface area (Å²) in [6, 6.07) is 10.1. The molecule has 0 bridgehead atoms. The number of aromatic amines is 1. The molecule has 1 amide bonds. The van der Waals surface area contributed by atoms with E-state index in [1.807, 2.05) is 18.2 Å². The van der Waals surface area contributed by atoms with E-state index in [9.17, 15) is 9.18 Å². The quantitative estimate of drug-likeness (QED) is 0.691. The molecule has 0 fully saturated rings. The van der Waals surface area contributed by atoms with Crippen molar-refractivity contribution >= 4 is 34.4 Å². The smallest absolute Gasteiger partial charge is 0.234 e. The molecule has 1 aromatic heterocycles. The molecule has 7 heteroatoms. The monoisotopic (exact) mass is 345 g/mol. The normalized spacial score (nSPS) is 10.8. The molecule has 0 saturated heterocycles. The Hall–Kier alpha value is -2.54. The lowest BCUT2D eigenvalue weighted by Crippen LogP contribution is -2.15. The second-order valence-corrected chi connectivity index (χ2v) is 6.14. The van der Waals surface area contributed by atoms with Gasteiger partial charge >= 0.3 is 0 Å². The molecule has 124 valence electrons. The summed E-state index contributed by atoms with van der Waals surface area (Å²) in [7, 11) is 1.60. The van der Waals surface area contributed by atoms with Gasteiger partial charge in [0.05, 0.1) is 23.9 Å². The van der Waals surface area contributed by atoms with Crippen molar-refractivity contribution in [3.05, 3.63) is 47.8 Å². The SMILES string of the molecule is COc1ccc2nc(SCC(=O)Nc3cccc(F)c3C)[nH]c2c1. The van der Waals surface area contributed by atoms with Crippen molar-refractivity contribution < 1.29 is 13.9 Å². The van der Waals surface area contributed by atoms with Gasteiger partial charge in [0.25, 0.3) is 0 Å². The van der Waals surface area contributed by atoms with Gasteiger partial charge < -0.3 is 15.0 Å². The number of carbonyl (C=O) groups excluding carboxylic acids is 1. The van der Waals surface area contributed by atoms with Gasteiger partial charge in [0.15, 0.2) is 5.16 Å². The number of hydrogen-bond donors (Lipinski definition) is 2. The number of imidazole rings is 1. The van der Waals surface area contributed by atoms with E-state index in [2.05, 4.69) is 15.3 Å². The van der Waals surface area contributed by atoms with Crippen LogP contribution in [0.1, 0.15) is 5.56 Å². The van der Waals surface area contributed by atoms with Crippen LogP contribution in [-0.4, -0.2) is 28.7 Å². The number of nitrogens with one attached hydrogen (secondary N) is 2. The molecule has 0 unspecified atom stereocenters. The van der Waals surface area contributed by atoms with E-state index in [0.29, 0.717) is 16.4 Å². The highest BCUT2D eigenvalue weighted by atomic mass is 32.2. The average Bonchev–Trinajstić information content (AvgIpc) is 2.99. The number of hydrogen-bond acceptors (Lipinski definition) is 4. The van der Waals surface area contributed by atoms with Crippen molar-refractivity contribution in [1.29, 1.82) is 0 Å². The summed E-state index contributed by atoms with van der Waals surface area (Å²) in [5.41, 5.74) is 2.56. The number of anilines is 1. The zero-order valence-corrected chi connectivity index (χ0v) is 14.0. The van der Waals surface area contributed by atoms with Crippen molar-refractivity contribution in [3.63, 3.8) is 0 Å². The van der Waals surface area contributed by atoms with Crippen LogP contribution in [0.2, 0.25) is 0 Å². The zero-order valence-electron chi connectivity index (χ0n) is 13.2. The van der Waals surface area contributed by atoms with Gasteiger partial charge in [-0.05, 0) is 31.2 Å². The molecular weight excluding hydrogens is 329 g/mol. The van der Waals surface area contributed by atoms with Crippen LogP contribution >= 0.6 is 11.8 Å². The third kappa shape index (κ3) is 3.51. The average molecular weight is 345 g/mol. The number of fused-ring (bicyclic) bond motifs is 1. The van der Waals surface area contributed by atoms with Crippen molar-refractivity contribution in [2.45, 2.75) is 12.1 Å². The van der Waals surface area contributed by atoms with Crippen LogP contribution in [0.4, 0.5) is 10.1 Å². The highest BCUT2D eigenvalue weighted by Gasteiger charge is 2.10. The fourth-order valence-electron chi connectivity index (χ4n) is 2.22. The van der Waals surface area contributed by atoms with Gasteiger partial charge in [0.1, 0.15) is 11.6 Å². The first-order valence-electron chi connectivity index (χ1n) is 7.28. The van der Waals surface area contributed by atoms with Crippen LogP contribution in [-0.2, 0) is 4.79 Å². The minimum atomic E-state index is -0.341. The fourth-order valence-corrected chi connectivity index (χ4v) is 2.91. The maximum atomic E-state index is 13.5. The van der Waals surface area contributed by atoms with E-state index in [4.69, 9.17) is 4.74 Å². The first kappa shape index (κ1) is 16.3. The number of benzene rings is 2. The summed E-state index contributed by atoms with van der Waals surface area (Å²) >= 11 is 1.28. The molecule has 0 radical (unpaired) electrons. The predicted octanol–water partition coefficient (Wildman–Crippen LogP) is 3.75. The molecule has 3 aromatic rings. The van der Waals surface area contributed by atoms with Gasteiger partial charge in [-0.25, -0.2) is 9.37 Å². The van der Waals surface area contributed by atoms with Crippen molar-refractivity contribution in [2.75, 3.05) is 18.2 Å². The lowest BCUT2D eigenvalue weighted by molar-refractivity contribution is -0.113. The summed E-state index contributed by atoms with van der Waals surface area (Å²) in [6.45, 7) is 1.63. The molecule has 2 N–H and O–H groups in total. The highest BCUT2D eigenvalue weighted by Crippen LogP contribution is 2.23. The van der Waals surface area contributed by atoms with Gasteiger partial charge in [-0.3, -0.25) is 4.79 Å². The Labute approximate surface area is 142 Å². The molecule has 5 nitrogen and oxygen atoms in total. The molecule has 2 aromatic carbocycles. The van der Waals surface area contributed by atoms with Crippen molar-refractivity contribution in [1.82, 2.24) is 9.97 Å². The minimum Gasteiger partial charge on any atom is -0.497 e. The molecule has 1 heterocycles. The summed E-state index contributed by atoms with van der Waals surface area (Å²) in [4.78, 5) is 19.6. The third-order valence-electron chi connectivity index (χ3n) is 3.55. The first-order valence-corrected chi connectivity index (χ1v) is 8.27. The number of ether oxygens (including phenoxy) is 1. The largest absolute Gasteiger partial charge is 0.497 e. The van der Waals surface area contributed by atoms with Gasteiger partial charge in [0, 0.05) is 17.3 Å². The Morgan fingerprint density at radius 2 is 2.21 bits per heavy atom. The molecule has 0 saturated carbocycles. The van der Waals surface area contributed by atoms with Crippen LogP contribution in [0.5, 0.6) is 5.75 Å². The Morgan fingerprint density at radius 3 is 3.00 bits per heavy atom. The number of H-pyrrole nitrogens is 1. The van der Waals surface area contributed by atoms with E-state index in [-0.39, 0.29) is 17.5 Å².